The van der Waals surface area contributed by atoms with Gasteiger partial charge < -0.3 is 9.47 Å². The molecule has 0 fully saturated rings. The maximum atomic E-state index is 13.3. The molecule has 1 amide bonds. The largest absolute Gasteiger partial charge is 0.454 e. The lowest BCUT2D eigenvalue weighted by Crippen LogP contribution is -2.27. The van der Waals surface area contributed by atoms with E-state index < -0.39 is 0 Å². The van der Waals surface area contributed by atoms with E-state index in [4.69, 9.17) is 9.47 Å². The number of nitrogens with zero attached hydrogens (tertiary/aromatic N) is 2. The number of halogens is 1. The highest BCUT2D eigenvalue weighted by molar-refractivity contribution is 6.05. The quantitative estimate of drug-likeness (QED) is 0.662. The molecule has 3 aromatic carbocycles. The Labute approximate surface area is 167 Å². The smallest absolute Gasteiger partial charge is 0.274 e. The molecule has 5 rings (SSSR count). The Hall–Kier alpha value is -3.67. The number of hydrogen-bond acceptors (Lipinski definition) is 4. The molecule has 29 heavy (non-hydrogen) atoms. The van der Waals surface area contributed by atoms with E-state index in [0.717, 1.165) is 16.8 Å². The monoisotopic (exact) mass is 388 g/mol. The van der Waals surface area contributed by atoms with Gasteiger partial charge in [0.2, 0.25) is 6.79 Å². The van der Waals surface area contributed by atoms with Crippen LogP contribution in [0.5, 0.6) is 11.5 Å². The fraction of sp³-hybridized carbons (Fsp3) is 0.130. The lowest BCUT2D eigenvalue weighted by molar-refractivity contribution is 0.0711. The molecule has 2 aliphatic rings. The Morgan fingerprint density at radius 2 is 1.72 bits per heavy atom. The summed E-state index contributed by atoms with van der Waals surface area (Å²) in [5, 5.41) is 6.12. The van der Waals surface area contributed by atoms with Crippen LogP contribution in [-0.2, 0) is 0 Å². The van der Waals surface area contributed by atoms with Gasteiger partial charge in [0.05, 0.1) is 11.8 Å². The Balaban J connectivity index is 1.53. The number of hydrogen-bond donors (Lipinski definition) is 0. The first-order valence-electron chi connectivity index (χ1n) is 9.30. The highest BCUT2D eigenvalue weighted by atomic mass is 19.1. The molecule has 0 radical (unpaired) electrons. The molecule has 0 bridgehead atoms. The summed E-state index contributed by atoms with van der Waals surface area (Å²) in [5.74, 6) is 0.680. The van der Waals surface area contributed by atoms with Gasteiger partial charge in [0.1, 0.15) is 5.82 Å². The van der Waals surface area contributed by atoms with Crippen molar-refractivity contribution in [1.29, 1.82) is 0 Å². The minimum absolute atomic E-state index is 0.188. The molecule has 1 atom stereocenters. The second kappa shape index (κ2) is 7.05. The molecule has 0 saturated heterocycles. The van der Waals surface area contributed by atoms with E-state index in [-0.39, 0.29) is 24.6 Å². The molecule has 0 unspecified atom stereocenters. The van der Waals surface area contributed by atoms with Gasteiger partial charge in [-0.1, -0.05) is 36.4 Å². The fourth-order valence-corrected chi connectivity index (χ4v) is 3.61. The average Bonchev–Trinajstić information content (AvgIpc) is 3.41. The summed E-state index contributed by atoms with van der Waals surface area (Å²) in [7, 11) is 0. The van der Waals surface area contributed by atoms with Crippen molar-refractivity contribution >= 4 is 11.6 Å². The third kappa shape index (κ3) is 3.23. The van der Waals surface area contributed by atoms with Gasteiger partial charge in [-0.05, 0) is 47.5 Å². The summed E-state index contributed by atoms with van der Waals surface area (Å²) in [4.78, 5) is 13.2. The zero-order valence-electron chi connectivity index (χ0n) is 15.4. The average molecular weight is 388 g/mol. The molecule has 6 heteroatoms. The summed E-state index contributed by atoms with van der Waals surface area (Å²) in [5.41, 5.74) is 3.07. The zero-order valence-corrected chi connectivity index (χ0v) is 15.4. The fourth-order valence-electron chi connectivity index (χ4n) is 3.61. The van der Waals surface area contributed by atoms with Crippen molar-refractivity contribution in [3.05, 3.63) is 95.3 Å². The van der Waals surface area contributed by atoms with Gasteiger partial charge in [-0.15, -0.1) is 0 Å². The van der Waals surface area contributed by atoms with Crippen molar-refractivity contribution in [1.82, 2.24) is 5.01 Å². The van der Waals surface area contributed by atoms with Crippen LogP contribution in [0.4, 0.5) is 4.39 Å². The summed E-state index contributed by atoms with van der Waals surface area (Å²) < 4.78 is 24.2. The number of carbonyl (C=O) groups excluding carboxylic acids is 1. The van der Waals surface area contributed by atoms with Crippen molar-refractivity contribution in [3.63, 3.8) is 0 Å². The highest BCUT2D eigenvalue weighted by Crippen LogP contribution is 2.39. The summed E-state index contributed by atoms with van der Waals surface area (Å²) in [6.45, 7) is 0.188. The number of hydrazone groups is 1. The van der Waals surface area contributed by atoms with Crippen LogP contribution in [0.3, 0.4) is 0 Å². The first-order chi connectivity index (χ1) is 14.2. The Kier molecular flexibility index (Phi) is 4.24. The zero-order chi connectivity index (χ0) is 19.8. The molecule has 0 N–H and O–H groups in total. The first-order valence-corrected chi connectivity index (χ1v) is 9.30. The topological polar surface area (TPSA) is 51.1 Å². The normalized spacial score (nSPS) is 17.3. The van der Waals surface area contributed by atoms with Crippen molar-refractivity contribution in [3.8, 4) is 11.5 Å². The Morgan fingerprint density at radius 3 is 2.52 bits per heavy atom. The molecule has 0 aliphatic carbocycles. The van der Waals surface area contributed by atoms with Gasteiger partial charge in [-0.25, -0.2) is 9.40 Å². The Morgan fingerprint density at radius 1 is 0.966 bits per heavy atom. The lowest BCUT2D eigenvalue weighted by atomic mass is 9.97. The van der Waals surface area contributed by atoms with E-state index in [1.165, 1.54) is 29.3 Å². The van der Waals surface area contributed by atoms with Crippen LogP contribution < -0.4 is 9.47 Å². The van der Waals surface area contributed by atoms with Gasteiger partial charge in [-0.2, -0.15) is 5.10 Å². The first kappa shape index (κ1) is 17.4. The van der Waals surface area contributed by atoms with E-state index in [0.29, 0.717) is 23.5 Å². The molecule has 0 saturated carbocycles. The van der Waals surface area contributed by atoms with Crippen molar-refractivity contribution < 1.29 is 18.7 Å². The predicted octanol–water partition coefficient (Wildman–Crippen LogP) is 4.55. The van der Waals surface area contributed by atoms with E-state index in [1.807, 2.05) is 48.5 Å². The maximum absolute atomic E-state index is 13.3. The minimum Gasteiger partial charge on any atom is -0.454 e. The van der Waals surface area contributed by atoms with Crippen LogP contribution in [0.2, 0.25) is 0 Å². The number of fused-ring (bicyclic) bond motifs is 1. The van der Waals surface area contributed by atoms with E-state index in [1.54, 1.807) is 0 Å². The van der Waals surface area contributed by atoms with Gasteiger partial charge in [0, 0.05) is 12.0 Å². The number of rotatable bonds is 3. The van der Waals surface area contributed by atoms with Crippen LogP contribution >= 0.6 is 0 Å². The van der Waals surface area contributed by atoms with Gasteiger partial charge in [0.25, 0.3) is 5.91 Å². The minimum atomic E-state index is -0.385. The summed E-state index contributed by atoms with van der Waals surface area (Å²) in [6.07, 6.45) is 0.566. The molecule has 0 aromatic heterocycles. The standard InChI is InChI=1S/C23H17FN2O3/c24-18-9-6-16(7-10-18)23(27)26-20(13-19(25-26)15-4-2-1-3-5-15)17-8-11-21-22(12-17)29-14-28-21/h1-12,20H,13-14H2/t20-/m0/s1. The van der Waals surface area contributed by atoms with E-state index in [9.17, 15) is 9.18 Å². The van der Waals surface area contributed by atoms with Crippen molar-refractivity contribution in [2.45, 2.75) is 12.5 Å². The number of benzene rings is 3. The Bertz CT molecular complexity index is 1100. The van der Waals surface area contributed by atoms with Gasteiger partial charge >= 0.3 is 0 Å². The molecule has 144 valence electrons. The molecule has 2 aliphatic heterocycles. The third-order valence-electron chi connectivity index (χ3n) is 5.10. The van der Waals surface area contributed by atoms with Gasteiger partial charge in [0.15, 0.2) is 11.5 Å². The van der Waals surface area contributed by atoms with Crippen LogP contribution in [0.1, 0.15) is 33.9 Å². The van der Waals surface area contributed by atoms with Crippen LogP contribution in [0, 0.1) is 5.82 Å². The predicted molar refractivity (Wildman–Crippen MR) is 105 cm³/mol. The SMILES string of the molecule is O=C(c1ccc(F)cc1)N1N=C(c2ccccc2)C[C@H]1c1ccc2c(c1)OCO2. The molecular weight excluding hydrogens is 371 g/mol. The number of ether oxygens (including phenoxy) is 2. The maximum Gasteiger partial charge on any atom is 0.274 e. The van der Waals surface area contributed by atoms with E-state index >= 15 is 0 Å². The van der Waals surface area contributed by atoms with Crippen LogP contribution in [0.15, 0.2) is 77.9 Å². The van der Waals surface area contributed by atoms with E-state index in [2.05, 4.69) is 5.10 Å². The summed E-state index contributed by atoms with van der Waals surface area (Å²) >= 11 is 0. The summed E-state index contributed by atoms with van der Waals surface area (Å²) in [6, 6.07) is 20.6. The lowest BCUT2D eigenvalue weighted by Gasteiger charge is -2.22. The van der Waals surface area contributed by atoms with Gasteiger partial charge in [-0.3, -0.25) is 4.79 Å². The van der Waals surface area contributed by atoms with Crippen LogP contribution in [-0.4, -0.2) is 23.4 Å². The molecule has 2 heterocycles. The number of carbonyl (C=O) groups is 1. The van der Waals surface area contributed by atoms with Crippen molar-refractivity contribution in [2.24, 2.45) is 5.10 Å². The second-order valence-electron chi connectivity index (χ2n) is 6.90. The molecule has 3 aromatic rings. The third-order valence-corrected chi connectivity index (χ3v) is 5.10. The molecule has 5 nitrogen and oxygen atoms in total. The highest BCUT2D eigenvalue weighted by Gasteiger charge is 2.34. The molecule has 0 spiro atoms. The second-order valence-corrected chi connectivity index (χ2v) is 6.90. The number of amides is 1. The van der Waals surface area contributed by atoms with Crippen LogP contribution in [0.25, 0.3) is 0 Å². The molecular formula is C23H17FN2O3. The van der Waals surface area contributed by atoms with Crippen molar-refractivity contribution in [2.75, 3.05) is 6.79 Å².